The van der Waals surface area contributed by atoms with Crippen LogP contribution in [-0.4, -0.2) is 18.5 Å². The predicted octanol–water partition coefficient (Wildman–Crippen LogP) is 4.81. The zero-order chi connectivity index (χ0) is 13.6. The Labute approximate surface area is 124 Å². The Balaban J connectivity index is 1.88. The van der Waals surface area contributed by atoms with Crippen molar-refractivity contribution in [1.29, 1.82) is 0 Å². The van der Waals surface area contributed by atoms with Gasteiger partial charge in [0.2, 0.25) is 0 Å². The Kier molecular flexibility index (Phi) is 5.56. The van der Waals surface area contributed by atoms with Crippen molar-refractivity contribution >= 4 is 15.9 Å². The van der Waals surface area contributed by atoms with Gasteiger partial charge in [0, 0.05) is 5.33 Å². The van der Waals surface area contributed by atoms with E-state index in [2.05, 4.69) is 15.9 Å². The topological polar surface area (TPSA) is 18.5 Å². The second-order valence-electron chi connectivity index (χ2n) is 5.32. The third kappa shape index (κ3) is 3.88. The Bertz CT molecular complexity index is 386. The molecule has 0 saturated heterocycles. The van der Waals surface area contributed by atoms with E-state index in [1.165, 1.54) is 25.7 Å². The van der Waals surface area contributed by atoms with Crippen LogP contribution < -0.4 is 9.47 Å². The number of para-hydroxylation sites is 2. The third-order valence-corrected chi connectivity index (χ3v) is 5.18. The lowest BCUT2D eigenvalue weighted by Crippen LogP contribution is -2.21. The zero-order valence-corrected chi connectivity index (χ0v) is 13.2. The number of alkyl halides is 1. The highest BCUT2D eigenvalue weighted by atomic mass is 79.9. The zero-order valence-electron chi connectivity index (χ0n) is 11.7. The summed E-state index contributed by atoms with van der Waals surface area (Å²) in [5.74, 6) is 1.72. The van der Waals surface area contributed by atoms with E-state index in [-0.39, 0.29) is 0 Å². The number of hydrogen-bond acceptors (Lipinski definition) is 2. The van der Waals surface area contributed by atoms with Gasteiger partial charge in [0.05, 0.1) is 13.2 Å². The molecule has 0 amide bonds. The molecule has 1 saturated carbocycles. The average Bonchev–Trinajstić information content (AvgIpc) is 2.90. The predicted molar refractivity (Wildman–Crippen MR) is 82.4 cm³/mol. The van der Waals surface area contributed by atoms with E-state index in [4.69, 9.17) is 9.47 Å². The van der Waals surface area contributed by atoms with Crippen molar-refractivity contribution in [2.45, 2.75) is 39.0 Å². The van der Waals surface area contributed by atoms with Crippen LogP contribution in [0.3, 0.4) is 0 Å². The molecule has 0 atom stereocenters. The van der Waals surface area contributed by atoms with Gasteiger partial charge in [0.25, 0.3) is 0 Å². The van der Waals surface area contributed by atoms with E-state index in [0.717, 1.165) is 29.9 Å². The van der Waals surface area contributed by atoms with Crippen molar-refractivity contribution in [3.05, 3.63) is 24.3 Å². The monoisotopic (exact) mass is 326 g/mol. The fraction of sp³-hybridized carbons (Fsp3) is 0.625. The SMILES string of the molecule is CCOc1ccccc1OCCC1(CBr)CCCC1. The lowest BCUT2D eigenvalue weighted by atomic mass is 9.85. The lowest BCUT2D eigenvalue weighted by Gasteiger charge is -2.26. The summed E-state index contributed by atoms with van der Waals surface area (Å²) in [7, 11) is 0. The first-order valence-corrected chi connectivity index (χ1v) is 8.32. The first kappa shape index (κ1) is 14.7. The van der Waals surface area contributed by atoms with E-state index < -0.39 is 0 Å². The summed E-state index contributed by atoms with van der Waals surface area (Å²) in [5.41, 5.74) is 0.459. The Morgan fingerprint density at radius 2 is 1.74 bits per heavy atom. The van der Waals surface area contributed by atoms with Gasteiger partial charge in [-0.25, -0.2) is 0 Å². The van der Waals surface area contributed by atoms with Gasteiger partial charge in [-0.3, -0.25) is 0 Å². The number of rotatable bonds is 7. The fourth-order valence-electron chi connectivity index (χ4n) is 2.80. The number of benzene rings is 1. The molecule has 19 heavy (non-hydrogen) atoms. The van der Waals surface area contributed by atoms with Gasteiger partial charge in [-0.2, -0.15) is 0 Å². The molecule has 0 unspecified atom stereocenters. The smallest absolute Gasteiger partial charge is 0.161 e. The summed E-state index contributed by atoms with van der Waals surface area (Å²) in [6.07, 6.45) is 6.50. The van der Waals surface area contributed by atoms with Crippen LogP contribution in [0.25, 0.3) is 0 Å². The summed E-state index contributed by atoms with van der Waals surface area (Å²) in [4.78, 5) is 0. The summed E-state index contributed by atoms with van der Waals surface area (Å²) in [5, 5.41) is 1.09. The highest BCUT2D eigenvalue weighted by molar-refractivity contribution is 9.09. The fourth-order valence-corrected chi connectivity index (χ4v) is 3.64. The van der Waals surface area contributed by atoms with Crippen molar-refractivity contribution < 1.29 is 9.47 Å². The van der Waals surface area contributed by atoms with Gasteiger partial charge in [-0.1, -0.05) is 40.9 Å². The molecule has 0 aromatic heterocycles. The minimum atomic E-state index is 0.459. The maximum Gasteiger partial charge on any atom is 0.161 e. The van der Waals surface area contributed by atoms with Crippen LogP contribution in [-0.2, 0) is 0 Å². The first-order valence-electron chi connectivity index (χ1n) is 7.20. The van der Waals surface area contributed by atoms with Crippen molar-refractivity contribution in [3.63, 3.8) is 0 Å². The first-order chi connectivity index (χ1) is 9.29. The molecule has 1 aromatic carbocycles. The Morgan fingerprint density at radius 1 is 1.11 bits per heavy atom. The normalized spacial score (nSPS) is 17.4. The van der Waals surface area contributed by atoms with Crippen LogP contribution in [0.15, 0.2) is 24.3 Å². The largest absolute Gasteiger partial charge is 0.490 e. The third-order valence-electron chi connectivity index (χ3n) is 3.99. The molecule has 0 heterocycles. The van der Waals surface area contributed by atoms with E-state index in [1.807, 2.05) is 31.2 Å². The molecule has 0 aliphatic heterocycles. The highest BCUT2D eigenvalue weighted by Crippen LogP contribution is 2.42. The molecule has 1 aliphatic carbocycles. The van der Waals surface area contributed by atoms with Crippen molar-refractivity contribution in [2.75, 3.05) is 18.5 Å². The quantitative estimate of drug-likeness (QED) is 0.669. The van der Waals surface area contributed by atoms with Crippen molar-refractivity contribution in [1.82, 2.24) is 0 Å². The molecule has 0 spiro atoms. The van der Waals surface area contributed by atoms with Gasteiger partial charge >= 0.3 is 0 Å². The van der Waals surface area contributed by atoms with Gasteiger partial charge < -0.3 is 9.47 Å². The van der Waals surface area contributed by atoms with Crippen molar-refractivity contribution in [2.24, 2.45) is 5.41 Å². The van der Waals surface area contributed by atoms with Crippen LogP contribution in [0, 0.1) is 5.41 Å². The summed E-state index contributed by atoms with van der Waals surface area (Å²) in [6.45, 7) is 3.44. The number of ether oxygens (including phenoxy) is 2. The summed E-state index contributed by atoms with van der Waals surface area (Å²) in [6, 6.07) is 7.93. The standard InChI is InChI=1S/C16H23BrO2/c1-2-18-14-7-3-4-8-15(14)19-12-11-16(13-17)9-5-6-10-16/h3-4,7-8H,2,5-6,9-13H2,1H3. The molecule has 1 aliphatic rings. The van der Waals surface area contributed by atoms with Crippen LogP contribution >= 0.6 is 15.9 Å². The average molecular weight is 327 g/mol. The van der Waals surface area contributed by atoms with E-state index in [1.54, 1.807) is 0 Å². The number of halogens is 1. The maximum atomic E-state index is 5.93. The molecule has 1 fully saturated rings. The molecule has 2 rings (SSSR count). The van der Waals surface area contributed by atoms with Crippen molar-refractivity contribution in [3.8, 4) is 11.5 Å². The van der Waals surface area contributed by atoms with Crippen LogP contribution in [0.1, 0.15) is 39.0 Å². The van der Waals surface area contributed by atoms with E-state index in [0.29, 0.717) is 12.0 Å². The minimum absolute atomic E-state index is 0.459. The van der Waals surface area contributed by atoms with E-state index in [9.17, 15) is 0 Å². The molecule has 106 valence electrons. The van der Waals surface area contributed by atoms with Gasteiger partial charge in [-0.05, 0) is 43.7 Å². The van der Waals surface area contributed by atoms with Gasteiger partial charge in [0.15, 0.2) is 11.5 Å². The van der Waals surface area contributed by atoms with Gasteiger partial charge in [-0.15, -0.1) is 0 Å². The molecule has 2 nitrogen and oxygen atoms in total. The lowest BCUT2D eigenvalue weighted by molar-refractivity contribution is 0.212. The number of hydrogen-bond donors (Lipinski definition) is 0. The summed E-state index contributed by atoms with van der Waals surface area (Å²) >= 11 is 3.68. The highest BCUT2D eigenvalue weighted by Gasteiger charge is 2.32. The molecule has 0 radical (unpaired) electrons. The van der Waals surface area contributed by atoms with E-state index >= 15 is 0 Å². The van der Waals surface area contributed by atoms with Crippen LogP contribution in [0.2, 0.25) is 0 Å². The minimum Gasteiger partial charge on any atom is -0.490 e. The molecule has 0 N–H and O–H groups in total. The molecule has 1 aromatic rings. The van der Waals surface area contributed by atoms with Gasteiger partial charge in [0.1, 0.15) is 0 Å². The maximum absolute atomic E-state index is 5.93. The molecule has 0 bridgehead atoms. The van der Waals surface area contributed by atoms with Crippen LogP contribution in [0.4, 0.5) is 0 Å². The Morgan fingerprint density at radius 3 is 2.32 bits per heavy atom. The second-order valence-corrected chi connectivity index (χ2v) is 5.88. The second kappa shape index (κ2) is 7.18. The molecule has 3 heteroatoms. The Hall–Kier alpha value is -0.700. The molecular formula is C16H23BrO2. The summed E-state index contributed by atoms with van der Waals surface area (Å²) < 4.78 is 11.5. The molecular weight excluding hydrogens is 304 g/mol. The van der Waals surface area contributed by atoms with Crippen LogP contribution in [0.5, 0.6) is 11.5 Å².